The van der Waals surface area contributed by atoms with Crippen LogP contribution in [0.3, 0.4) is 0 Å². The minimum Gasteiger partial charge on any atom is -0.493 e. The van der Waals surface area contributed by atoms with Crippen molar-refractivity contribution in [3.05, 3.63) is 23.8 Å². The van der Waals surface area contributed by atoms with Crippen molar-refractivity contribution in [3.8, 4) is 11.5 Å². The summed E-state index contributed by atoms with van der Waals surface area (Å²) in [7, 11) is 1.68. The van der Waals surface area contributed by atoms with Crippen LogP contribution in [-0.2, 0) is 6.54 Å². The Morgan fingerprint density at radius 2 is 1.71 bits per heavy atom. The molecular weight excluding hydrogens is 262 g/mol. The Kier molecular flexibility index (Phi) is 6.09. The van der Waals surface area contributed by atoms with Gasteiger partial charge in [0.05, 0.1) is 19.3 Å². The molecule has 1 aromatic rings. The van der Waals surface area contributed by atoms with Crippen LogP contribution in [0.1, 0.15) is 53.5 Å². The summed E-state index contributed by atoms with van der Waals surface area (Å²) >= 11 is 0. The molecule has 0 heterocycles. The number of benzene rings is 1. The zero-order valence-corrected chi connectivity index (χ0v) is 14.7. The van der Waals surface area contributed by atoms with Gasteiger partial charge in [0.25, 0.3) is 0 Å². The van der Waals surface area contributed by atoms with Crippen LogP contribution in [0.15, 0.2) is 18.2 Å². The summed E-state index contributed by atoms with van der Waals surface area (Å²) in [4.78, 5) is 0. The summed E-state index contributed by atoms with van der Waals surface area (Å²) in [5, 5.41) is 2.41. The van der Waals surface area contributed by atoms with Crippen LogP contribution in [0.5, 0.6) is 11.5 Å². The summed E-state index contributed by atoms with van der Waals surface area (Å²) in [6.45, 7) is 15.1. The van der Waals surface area contributed by atoms with Gasteiger partial charge in [0, 0.05) is 12.0 Å². The molecule has 0 amide bonds. The lowest BCUT2D eigenvalue weighted by Gasteiger charge is -2.30. The number of hydrogen-bond acceptors (Lipinski definition) is 2. The highest BCUT2D eigenvalue weighted by molar-refractivity contribution is 5.42. The van der Waals surface area contributed by atoms with Crippen LogP contribution in [0, 0.1) is 5.41 Å². The lowest BCUT2D eigenvalue weighted by molar-refractivity contribution is -0.737. The van der Waals surface area contributed by atoms with E-state index in [1.54, 1.807) is 7.11 Å². The third kappa shape index (κ3) is 6.38. The van der Waals surface area contributed by atoms with Crippen molar-refractivity contribution in [2.75, 3.05) is 13.7 Å². The van der Waals surface area contributed by atoms with Crippen molar-refractivity contribution in [2.24, 2.45) is 5.41 Å². The van der Waals surface area contributed by atoms with Crippen molar-refractivity contribution >= 4 is 0 Å². The Morgan fingerprint density at radius 1 is 1.05 bits per heavy atom. The Balaban J connectivity index is 2.73. The maximum Gasteiger partial charge on any atom is 0.161 e. The van der Waals surface area contributed by atoms with Crippen LogP contribution in [0.25, 0.3) is 0 Å². The number of quaternary nitrogens is 1. The topological polar surface area (TPSA) is 35.1 Å². The molecule has 0 aliphatic rings. The molecule has 0 radical (unpaired) electrons. The van der Waals surface area contributed by atoms with E-state index in [0.717, 1.165) is 18.0 Å². The first-order valence-electron chi connectivity index (χ1n) is 7.81. The fourth-order valence-corrected chi connectivity index (χ4v) is 2.95. The molecule has 2 N–H and O–H groups in total. The molecule has 3 heteroatoms. The summed E-state index contributed by atoms with van der Waals surface area (Å²) in [5.74, 6) is 1.63. The second-order valence-corrected chi connectivity index (χ2v) is 7.55. The van der Waals surface area contributed by atoms with E-state index in [4.69, 9.17) is 9.47 Å². The molecule has 3 nitrogen and oxygen atoms in total. The molecule has 1 aromatic carbocycles. The minimum absolute atomic E-state index is 0.226. The first-order valence-corrected chi connectivity index (χ1v) is 7.81. The molecule has 0 aliphatic carbocycles. The molecule has 0 aliphatic heterocycles. The van der Waals surface area contributed by atoms with Gasteiger partial charge in [-0.3, -0.25) is 0 Å². The first kappa shape index (κ1) is 17.8. The molecule has 21 heavy (non-hydrogen) atoms. The quantitative estimate of drug-likeness (QED) is 0.837. The van der Waals surface area contributed by atoms with E-state index in [9.17, 15) is 0 Å². The Labute approximate surface area is 130 Å². The van der Waals surface area contributed by atoms with Crippen molar-refractivity contribution < 1.29 is 14.8 Å². The third-order valence-electron chi connectivity index (χ3n) is 3.40. The zero-order chi connectivity index (χ0) is 16.1. The number of nitrogens with two attached hydrogens (primary N) is 1. The SMILES string of the molecule is CCOc1cc(C[NH2+]C(C)(C)CC(C)(C)C)ccc1OC. The molecule has 0 fully saturated rings. The normalized spacial score (nSPS) is 12.3. The smallest absolute Gasteiger partial charge is 0.161 e. The predicted octanol–water partition coefficient (Wildman–Crippen LogP) is 3.37. The highest BCUT2D eigenvalue weighted by atomic mass is 16.5. The van der Waals surface area contributed by atoms with Crippen LogP contribution in [0.4, 0.5) is 0 Å². The Morgan fingerprint density at radius 3 is 2.24 bits per heavy atom. The molecule has 0 unspecified atom stereocenters. The zero-order valence-electron chi connectivity index (χ0n) is 14.7. The van der Waals surface area contributed by atoms with Crippen LogP contribution in [-0.4, -0.2) is 19.3 Å². The van der Waals surface area contributed by atoms with E-state index in [0.29, 0.717) is 12.0 Å². The van der Waals surface area contributed by atoms with Gasteiger partial charge in [-0.2, -0.15) is 0 Å². The van der Waals surface area contributed by atoms with Gasteiger partial charge < -0.3 is 14.8 Å². The van der Waals surface area contributed by atoms with Gasteiger partial charge in [0.2, 0.25) is 0 Å². The summed E-state index contributed by atoms with van der Waals surface area (Å²) in [6.07, 6.45) is 1.18. The fraction of sp³-hybridized carbons (Fsp3) is 0.667. The molecule has 0 bridgehead atoms. The van der Waals surface area contributed by atoms with E-state index in [-0.39, 0.29) is 5.54 Å². The average Bonchev–Trinajstić information content (AvgIpc) is 2.34. The van der Waals surface area contributed by atoms with Gasteiger partial charge in [-0.1, -0.05) is 20.8 Å². The predicted molar refractivity (Wildman–Crippen MR) is 87.9 cm³/mol. The largest absolute Gasteiger partial charge is 0.493 e. The van der Waals surface area contributed by atoms with Crippen molar-refractivity contribution in [1.29, 1.82) is 0 Å². The van der Waals surface area contributed by atoms with E-state index >= 15 is 0 Å². The van der Waals surface area contributed by atoms with Gasteiger partial charge in [-0.25, -0.2) is 0 Å². The highest BCUT2D eigenvalue weighted by Crippen LogP contribution is 2.28. The van der Waals surface area contributed by atoms with Gasteiger partial charge in [-0.15, -0.1) is 0 Å². The maximum atomic E-state index is 5.64. The molecule has 120 valence electrons. The van der Waals surface area contributed by atoms with Crippen molar-refractivity contribution in [2.45, 2.75) is 60.0 Å². The van der Waals surface area contributed by atoms with Gasteiger partial charge in [-0.05, 0) is 44.4 Å². The fourth-order valence-electron chi connectivity index (χ4n) is 2.95. The molecule has 0 aromatic heterocycles. The molecular formula is C18H32NO2+. The van der Waals surface area contributed by atoms with Crippen molar-refractivity contribution in [1.82, 2.24) is 0 Å². The number of rotatable bonds is 7. The van der Waals surface area contributed by atoms with E-state index < -0.39 is 0 Å². The monoisotopic (exact) mass is 294 g/mol. The number of hydrogen-bond donors (Lipinski definition) is 1. The maximum absolute atomic E-state index is 5.64. The first-order chi connectivity index (χ1) is 9.67. The van der Waals surface area contributed by atoms with E-state index in [1.165, 1.54) is 12.0 Å². The standard InChI is InChI=1S/C18H31NO2/c1-8-21-16-11-14(9-10-15(16)20-7)12-19-18(5,6)13-17(2,3)4/h9-11,19H,8,12-13H2,1-7H3/p+1. The van der Waals surface area contributed by atoms with Gasteiger partial charge in [0.1, 0.15) is 6.54 Å². The summed E-state index contributed by atoms with van der Waals surface area (Å²) in [5.41, 5.74) is 1.83. The number of ether oxygens (including phenoxy) is 2. The van der Waals surface area contributed by atoms with Crippen molar-refractivity contribution in [3.63, 3.8) is 0 Å². The van der Waals surface area contributed by atoms with Gasteiger partial charge in [0.15, 0.2) is 11.5 Å². The lowest BCUT2D eigenvalue weighted by atomic mass is 9.82. The molecule has 0 saturated carbocycles. The second-order valence-electron chi connectivity index (χ2n) is 7.55. The number of methoxy groups -OCH3 is 1. The molecule has 0 spiro atoms. The highest BCUT2D eigenvalue weighted by Gasteiger charge is 2.28. The Bertz CT molecular complexity index is 447. The van der Waals surface area contributed by atoms with Crippen LogP contribution >= 0.6 is 0 Å². The molecule has 1 rings (SSSR count). The van der Waals surface area contributed by atoms with E-state index in [2.05, 4.69) is 52.1 Å². The third-order valence-corrected chi connectivity index (χ3v) is 3.40. The average molecular weight is 294 g/mol. The Hall–Kier alpha value is -1.22. The summed E-state index contributed by atoms with van der Waals surface area (Å²) in [6, 6.07) is 6.20. The molecule has 0 saturated heterocycles. The minimum atomic E-state index is 0.226. The molecule has 0 atom stereocenters. The van der Waals surface area contributed by atoms with Crippen LogP contribution in [0.2, 0.25) is 0 Å². The van der Waals surface area contributed by atoms with Crippen LogP contribution < -0.4 is 14.8 Å². The van der Waals surface area contributed by atoms with E-state index in [1.807, 2.05) is 13.0 Å². The lowest BCUT2D eigenvalue weighted by Crippen LogP contribution is -2.94. The van der Waals surface area contributed by atoms with Gasteiger partial charge >= 0.3 is 0 Å². The second kappa shape index (κ2) is 7.17. The summed E-state index contributed by atoms with van der Waals surface area (Å²) < 4.78 is 11.0.